The van der Waals surface area contributed by atoms with Gasteiger partial charge in [-0.15, -0.1) is 34.8 Å². The van der Waals surface area contributed by atoms with Gasteiger partial charge in [-0.05, 0) is 19.8 Å². The van der Waals surface area contributed by atoms with Crippen molar-refractivity contribution in [3.8, 4) is 0 Å². The Morgan fingerprint density at radius 1 is 1.21 bits per heavy atom. The average molecular weight is 276 g/mol. The molecule has 4 heteroatoms. The van der Waals surface area contributed by atoms with Gasteiger partial charge in [-0.25, -0.2) is 0 Å². The van der Waals surface area contributed by atoms with Crippen molar-refractivity contribution in [1.82, 2.24) is 0 Å². The first kappa shape index (κ1) is 13.0. The fourth-order valence-electron chi connectivity index (χ4n) is 1.97. The third-order valence-corrected chi connectivity index (χ3v) is 4.92. The molecule has 0 radical (unpaired) electrons. The molecule has 0 aromatic carbocycles. The van der Waals surface area contributed by atoms with Crippen molar-refractivity contribution in [1.29, 1.82) is 0 Å². The molecule has 0 unspecified atom stereocenters. The lowest BCUT2D eigenvalue weighted by Gasteiger charge is -2.45. The minimum atomic E-state index is -0.405. The quantitative estimate of drug-likeness (QED) is 0.606. The van der Waals surface area contributed by atoms with Gasteiger partial charge in [-0.3, -0.25) is 0 Å². The molecule has 0 saturated heterocycles. The number of rotatable bonds is 1. The van der Waals surface area contributed by atoms with Crippen molar-refractivity contribution in [2.75, 3.05) is 0 Å². The fraction of sp³-hybridized carbons (Fsp3) is 0.800. The van der Waals surface area contributed by atoms with Gasteiger partial charge in [0.2, 0.25) is 0 Å². The minimum absolute atomic E-state index is 0.00757. The zero-order valence-electron chi connectivity index (χ0n) is 8.24. The summed E-state index contributed by atoms with van der Waals surface area (Å²) in [6.45, 7) is 4.02. The molecule has 0 spiro atoms. The molecule has 82 valence electrons. The highest BCUT2D eigenvalue weighted by Gasteiger charge is 2.47. The molecule has 0 aromatic heterocycles. The molecule has 4 atom stereocenters. The number of hydrogen-bond donors (Lipinski definition) is 0. The second-order valence-corrected chi connectivity index (χ2v) is 6.59. The molecule has 0 aliphatic heterocycles. The Morgan fingerprint density at radius 2 is 1.79 bits per heavy atom. The standard InChI is InChI=1S/C10H14Cl4/c1-9(3-4-11)6-10(2,14)8(13)5-7(9)12/h3-4,7-8H,5-6H2,1-2H3/b4-3-/t7-,8-,9-,10+/m0/s1. The van der Waals surface area contributed by atoms with Crippen LogP contribution in [0.2, 0.25) is 0 Å². The summed E-state index contributed by atoms with van der Waals surface area (Å²) in [5, 5.41) is -0.0877. The van der Waals surface area contributed by atoms with E-state index in [4.69, 9.17) is 46.4 Å². The molecular formula is C10H14Cl4. The van der Waals surface area contributed by atoms with E-state index in [1.807, 2.05) is 13.0 Å². The van der Waals surface area contributed by atoms with Crippen molar-refractivity contribution in [2.45, 2.75) is 42.3 Å². The number of allylic oxidation sites excluding steroid dienone is 1. The van der Waals surface area contributed by atoms with E-state index in [1.54, 1.807) is 0 Å². The Kier molecular flexibility index (Phi) is 4.09. The van der Waals surface area contributed by atoms with Gasteiger partial charge in [0.15, 0.2) is 0 Å². The van der Waals surface area contributed by atoms with Gasteiger partial charge in [-0.2, -0.15) is 0 Å². The maximum absolute atomic E-state index is 6.34. The molecule has 1 aliphatic carbocycles. The molecular weight excluding hydrogens is 262 g/mol. The molecule has 0 nitrogen and oxygen atoms in total. The lowest BCUT2D eigenvalue weighted by molar-refractivity contribution is 0.253. The highest BCUT2D eigenvalue weighted by Crippen LogP contribution is 2.49. The zero-order valence-corrected chi connectivity index (χ0v) is 11.3. The van der Waals surface area contributed by atoms with Crippen LogP contribution in [-0.2, 0) is 0 Å². The summed E-state index contributed by atoms with van der Waals surface area (Å²) in [5.74, 6) is 0. The van der Waals surface area contributed by atoms with E-state index in [0.29, 0.717) is 6.42 Å². The Bertz CT molecular complexity index is 236. The lowest BCUT2D eigenvalue weighted by atomic mass is 9.70. The van der Waals surface area contributed by atoms with E-state index >= 15 is 0 Å². The molecule has 0 aromatic rings. The van der Waals surface area contributed by atoms with Gasteiger partial charge in [0.1, 0.15) is 0 Å². The van der Waals surface area contributed by atoms with Crippen LogP contribution in [-0.4, -0.2) is 15.6 Å². The predicted molar refractivity (Wildman–Crippen MR) is 65.9 cm³/mol. The van der Waals surface area contributed by atoms with Gasteiger partial charge >= 0.3 is 0 Å². The van der Waals surface area contributed by atoms with E-state index in [0.717, 1.165) is 6.42 Å². The average Bonchev–Trinajstić information content (AvgIpc) is 2.01. The second kappa shape index (κ2) is 4.41. The van der Waals surface area contributed by atoms with Crippen LogP contribution in [0.25, 0.3) is 0 Å². The van der Waals surface area contributed by atoms with Crippen molar-refractivity contribution in [3.63, 3.8) is 0 Å². The van der Waals surface area contributed by atoms with Crippen LogP contribution in [0.15, 0.2) is 11.6 Å². The predicted octanol–water partition coefficient (Wildman–Crippen LogP) is 4.75. The number of hydrogen-bond acceptors (Lipinski definition) is 0. The fourth-order valence-corrected chi connectivity index (χ4v) is 3.31. The Labute approximate surface area is 106 Å². The summed E-state index contributed by atoms with van der Waals surface area (Å²) in [6.07, 6.45) is 3.36. The molecule has 0 N–H and O–H groups in total. The van der Waals surface area contributed by atoms with E-state index in [1.165, 1.54) is 5.54 Å². The van der Waals surface area contributed by atoms with Crippen molar-refractivity contribution >= 4 is 46.4 Å². The number of alkyl halides is 3. The molecule has 1 rings (SSSR count). The zero-order chi connectivity index (χ0) is 11.0. The maximum Gasteiger partial charge on any atom is 0.0591 e. The largest absolute Gasteiger partial charge is 0.122 e. The Balaban J connectivity index is 2.89. The first-order valence-corrected chi connectivity index (χ1v) is 6.25. The molecule has 1 aliphatic rings. The van der Waals surface area contributed by atoms with Gasteiger partial charge in [0.25, 0.3) is 0 Å². The highest BCUT2D eigenvalue weighted by atomic mass is 35.5. The van der Waals surface area contributed by atoms with E-state index in [-0.39, 0.29) is 16.2 Å². The summed E-state index contributed by atoms with van der Waals surface area (Å²) in [4.78, 5) is -0.405. The van der Waals surface area contributed by atoms with Crippen molar-refractivity contribution < 1.29 is 0 Å². The maximum atomic E-state index is 6.34. The Morgan fingerprint density at radius 3 is 2.29 bits per heavy atom. The topological polar surface area (TPSA) is 0 Å². The van der Waals surface area contributed by atoms with E-state index < -0.39 is 4.87 Å². The molecule has 14 heavy (non-hydrogen) atoms. The van der Waals surface area contributed by atoms with Gasteiger partial charge in [0.05, 0.1) is 10.3 Å². The summed E-state index contributed by atoms with van der Waals surface area (Å²) in [6, 6.07) is 0. The number of halogens is 4. The monoisotopic (exact) mass is 274 g/mol. The summed E-state index contributed by atoms with van der Waals surface area (Å²) in [7, 11) is 0. The van der Waals surface area contributed by atoms with Gasteiger partial charge in [0, 0.05) is 16.3 Å². The summed E-state index contributed by atoms with van der Waals surface area (Å²) < 4.78 is 0. The van der Waals surface area contributed by atoms with Crippen molar-refractivity contribution in [2.24, 2.45) is 5.41 Å². The molecule has 0 bridgehead atoms. The second-order valence-electron chi connectivity index (χ2n) is 4.42. The first-order chi connectivity index (χ1) is 6.32. The van der Waals surface area contributed by atoms with Crippen LogP contribution in [0.1, 0.15) is 26.7 Å². The molecule has 1 fully saturated rings. The van der Waals surface area contributed by atoms with Crippen molar-refractivity contribution in [3.05, 3.63) is 11.6 Å². The normalized spacial score (nSPS) is 49.9. The summed E-state index contributed by atoms with van der Waals surface area (Å²) in [5.41, 5.74) is 1.35. The molecule has 1 saturated carbocycles. The molecule has 0 heterocycles. The van der Waals surface area contributed by atoms with Crippen LogP contribution in [0.3, 0.4) is 0 Å². The third kappa shape index (κ3) is 2.52. The van der Waals surface area contributed by atoms with Gasteiger partial charge < -0.3 is 0 Å². The van der Waals surface area contributed by atoms with Crippen LogP contribution in [0, 0.1) is 5.41 Å². The van der Waals surface area contributed by atoms with E-state index in [2.05, 4.69) is 6.92 Å². The van der Waals surface area contributed by atoms with Crippen LogP contribution >= 0.6 is 46.4 Å². The first-order valence-electron chi connectivity index (χ1n) is 4.57. The van der Waals surface area contributed by atoms with Crippen LogP contribution in [0.4, 0.5) is 0 Å². The van der Waals surface area contributed by atoms with Gasteiger partial charge in [-0.1, -0.05) is 24.6 Å². The smallest absolute Gasteiger partial charge is 0.0591 e. The van der Waals surface area contributed by atoms with Crippen LogP contribution in [0.5, 0.6) is 0 Å². The third-order valence-electron chi connectivity index (χ3n) is 2.95. The lowest BCUT2D eigenvalue weighted by Crippen LogP contribution is -2.47. The summed E-state index contributed by atoms with van der Waals surface area (Å²) >= 11 is 24.4. The Hall–Kier alpha value is 0.900. The highest BCUT2D eigenvalue weighted by molar-refractivity contribution is 6.33. The minimum Gasteiger partial charge on any atom is -0.122 e. The SMILES string of the molecule is C[C@]1(/C=C\Cl)C[C@@](C)(Cl)[C@@H](Cl)C[C@@H]1Cl. The van der Waals surface area contributed by atoms with E-state index in [9.17, 15) is 0 Å². The van der Waals surface area contributed by atoms with Crippen LogP contribution < -0.4 is 0 Å². The molecule has 0 amide bonds.